The van der Waals surface area contributed by atoms with E-state index in [9.17, 15) is 4.79 Å². The second-order valence-corrected chi connectivity index (χ2v) is 5.49. The van der Waals surface area contributed by atoms with Crippen LogP contribution in [0, 0.1) is 5.92 Å². The Labute approximate surface area is 107 Å². The van der Waals surface area contributed by atoms with E-state index in [4.69, 9.17) is 11.6 Å². The summed E-state index contributed by atoms with van der Waals surface area (Å²) in [4.78, 5) is 12.5. The molecule has 0 unspecified atom stereocenters. The minimum Gasteiger partial charge on any atom is -0.292 e. The van der Waals surface area contributed by atoms with E-state index in [1.165, 1.54) is 6.42 Å². The number of carbonyl (C=O) groups excluding carboxylic acids is 1. The zero-order chi connectivity index (χ0) is 12.4. The van der Waals surface area contributed by atoms with Gasteiger partial charge in [-0.1, -0.05) is 30.9 Å². The van der Waals surface area contributed by atoms with Crippen LogP contribution in [-0.2, 0) is 0 Å². The van der Waals surface area contributed by atoms with Crippen LogP contribution in [0.25, 0.3) is 0 Å². The zero-order valence-corrected chi connectivity index (χ0v) is 11.2. The Morgan fingerprint density at radius 2 is 2.06 bits per heavy atom. The SMILES string of the molecule is CC(C)n1ncc(Cl)c1C(=O)C1CCCCC1. The van der Waals surface area contributed by atoms with Crippen LogP contribution >= 0.6 is 11.6 Å². The lowest BCUT2D eigenvalue weighted by Crippen LogP contribution is -2.22. The normalized spacial score (nSPS) is 17.6. The first kappa shape index (κ1) is 12.6. The van der Waals surface area contributed by atoms with Crippen molar-refractivity contribution in [1.82, 2.24) is 9.78 Å². The molecule has 1 aliphatic carbocycles. The molecule has 0 amide bonds. The third kappa shape index (κ3) is 2.54. The molecule has 1 heterocycles. The molecule has 1 aromatic heterocycles. The molecule has 2 rings (SSSR count). The van der Waals surface area contributed by atoms with Gasteiger partial charge in [-0.25, -0.2) is 0 Å². The van der Waals surface area contributed by atoms with E-state index in [-0.39, 0.29) is 17.7 Å². The van der Waals surface area contributed by atoms with Gasteiger partial charge in [-0.05, 0) is 26.7 Å². The molecule has 1 fully saturated rings. The molecule has 0 atom stereocenters. The van der Waals surface area contributed by atoms with Gasteiger partial charge in [0.2, 0.25) is 0 Å². The molecule has 0 bridgehead atoms. The predicted octanol–water partition coefficient (Wildman–Crippen LogP) is 3.88. The number of rotatable bonds is 3. The van der Waals surface area contributed by atoms with E-state index in [2.05, 4.69) is 5.10 Å². The molecule has 4 heteroatoms. The van der Waals surface area contributed by atoms with Gasteiger partial charge in [-0.2, -0.15) is 5.10 Å². The van der Waals surface area contributed by atoms with Crippen molar-refractivity contribution < 1.29 is 4.79 Å². The summed E-state index contributed by atoms with van der Waals surface area (Å²) >= 11 is 6.10. The maximum atomic E-state index is 12.5. The van der Waals surface area contributed by atoms with Crippen molar-refractivity contribution in [2.24, 2.45) is 5.92 Å². The van der Waals surface area contributed by atoms with Crippen LogP contribution in [0.4, 0.5) is 0 Å². The van der Waals surface area contributed by atoms with E-state index in [0.29, 0.717) is 10.7 Å². The number of Topliss-reactive ketones (excluding diaryl/α,β-unsaturated/α-hetero) is 1. The summed E-state index contributed by atoms with van der Waals surface area (Å²) in [5.41, 5.74) is 0.605. The summed E-state index contributed by atoms with van der Waals surface area (Å²) in [6.45, 7) is 4.03. The van der Waals surface area contributed by atoms with Gasteiger partial charge in [0.1, 0.15) is 5.69 Å². The Kier molecular flexibility index (Phi) is 3.87. The Morgan fingerprint density at radius 1 is 1.41 bits per heavy atom. The molecule has 1 aromatic rings. The highest BCUT2D eigenvalue weighted by molar-refractivity contribution is 6.33. The van der Waals surface area contributed by atoms with Gasteiger partial charge in [0.25, 0.3) is 0 Å². The molecule has 0 saturated heterocycles. The third-order valence-corrected chi connectivity index (χ3v) is 3.73. The Morgan fingerprint density at radius 3 is 2.65 bits per heavy atom. The van der Waals surface area contributed by atoms with Crippen molar-refractivity contribution in [2.45, 2.75) is 52.0 Å². The van der Waals surface area contributed by atoms with Crippen LogP contribution in [0.3, 0.4) is 0 Å². The van der Waals surface area contributed by atoms with Crippen LogP contribution in [0.5, 0.6) is 0 Å². The van der Waals surface area contributed by atoms with Gasteiger partial charge in [-0.3, -0.25) is 9.48 Å². The number of hydrogen-bond donors (Lipinski definition) is 0. The Bertz CT molecular complexity index is 406. The summed E-state index contributed by atoms with van der Waals surface area (Å²) in [5, 5.41) is 4.69. The maximum Gasteiger partial charge on any atom is 0.185 e. The van der Waals surface area contributed by atoms with Crippen molar-refractivity contribution >= 4 is 17.4 Å². The first-order chi connectivity index (χ1) is 8.11. The van der Waals surface area contributed by atoms with Crippen molar-refractivity contribution in [2.75, 3.05) is 0 Å². The molecule has 94 valence electrons. The summed E-state index contributed by atoms with van der Waals surface area (Å²) in [7, 11) is 0. The van der Waals surface area contributed by atoms with Gasteiger partial charge in [0.15, 0.2) is 5.78 Å². The molecule has 1 saturated carbocycles. The van der Waals surface area contributed by atoms with Crippen molar-refractivity contribution in [3.05, 3.63) is 16.9 Å². The van der Waals surface area contributed by atoms with Gasteiger partial charge in [0, 0.05) is 12.0 Å². The van der Waals surface area contributed by atoms with Gasteiger partial charge in [0.05, 0.1) is 11.2 Å². The van der Waals surface area contributed by atoms with Gasteiger partial charge in [-0.15, -0.1) is 0 Å². The molecular weight excluding hydrogens is 236 g/mol. The third-order valence-electron chi connectivity index (χ3n) is 3.45. The number of nitrogens with zero attached hydrogens (tertiary/aromatic N) is 2. The van der Waals surface area contributed by atoms with E-state index in [1.54, 1.807) is 10.9 Å². The monoisotopic (exact) mass is 254 g/mol. The minimum absolute atomic E-state index is 0.149. The lowest BCUT2D eigenvalue weighted by Gasteiger charge is -2.21. The predicted molar refractivity (Wildman–Crippen MR) is 68.5 cm³/mol. The molecular formula is C13H19ClN2O. The smallest absolute Gasteiger partial charge is 0.185 e. The number of aromatic nitrogens is 2. The highest BCUT2D eigenvalue weighted by atomic mass is 35.5. The molecule has 3 nitrogen and oxygen atoms in total. The Balaban J connectivity index is 2.26. The second-order valence-electron chi connectivity index (χ2n) is 5.08. The molecule has 0 spiro atoms. The van der Waals surface area contributed by atoms with Crippen molar-refractivity contribution in [1.29, 1.82) is 0 Å². The van der Waals surface area contributed by atoms with Crippen LogP contribution in [0.2, 0.25) is 5.02 Å². The maximum absolute atomic E-state index is 12.5. The van der Waals surface area contributed by atoms with Crippen LogP contribution in [-0.4, -0.2) is 15.6 Å². The fourth-order valence-electron chi connectivity index (χ4n) is 2.52. The molecule has 0 aliphatic heterocycles. The first-order valence-electron chi connectivity index (χ1n) is 6.38. The largest absolute Gasteiger partial charge is 0.292 e. The first-order valence-corrected chi connectivity index (χ1v) is 6.76. The van der Waals surface area contributed by atoms with Crippen LogP contribution < -0.4 is 0 Å². The number of hydrogen-bond acceptors (Lipinski definition) is 2. The summed E-state index contributed by atoms with van der Waals surface area (Å²) in [5.74, 6) is 0.330. The van der Waals surface area contributed by atoms with Crippen LogP contribution in [0.1, 0.15) is 62.5 Å². The Hall–Kier alpha value is -0.830. The summed E-state index contributed by atoms with van der Waals surface area (Å²) in [6, 6.07) is 0.171. The van der Waals surface area contributed by atoms with Crippen LogP contribution in [0.15, 0.2) is 6.20 Å². The topological polar surface area (TPSA) is 34.9 Å². The number of halogens is 1. The fourth-order valence-corrected chi connectivity index (χ4v) is 2.74. The lowest BCUT2D eigenvalue weighted by molar-refractivity contribution is 0.0876. The minimum atomic E-state index is 0.149. The van der Waals surface area contributed by atoms with E-state index < -0.39 is 0 Å². The second kappa shape index (κ2) is 5.21. The molecule has 0 radical (unpaired) electrons. The molecule has 0 N–H and O–H groups in total. The molecule has 0 aromatic carbocycles. The quantitative estimate of drug-likeness (QED) is 0.768. The fraction of sp³-hybridized carbons (Fsp3) is 0.692. The van der Waals surface area contributed by atoms with E-state index >= 15 is 0 Å². The van der Waals surface area contributed by atoms with E-state index in [1.807, 2.05) is 13.8 Å². The van der Waals surface area contributed by atoms with Gasteiger partial charge >= 0.3 is 0 Å². The number of ketones is 1. The standard InChI is InChI=1S/C13H19ClN2O/c1-9(2)16-12(11(14)8-15-16)13(17)10-6-4-3-5-7-10/h8-10H,3-7H2,1-2H3. The number of carbonyl (C=O) groups is 1. The highest BCUT2D eigenvalue weighted by Crippen LogP contribution is 2.30. The highest BCUT2D eigenvalue weighted by Gasteiger charge is 2.27. The summed E-state index contributed by atoms with van der Waals surface area (Å²) in [6.07, 6.45) is 7.14. The average molecular weight is 255 g/mol. The zero-order valence-electron chi connectivity index (χ0n) is 10.4. The van der Waals surface area contributed by atoms with Gasteiger partial charge < -0.3 is 0 Å². The van der Waals surface area contributed by atoms with Crippen molar-refractivity contribution in [3.8, 4) is 0 Å². The summed E-state index contributed by atoms with van der Waals surface area (Å²) < 4.78 is 1.75. The molecule has 17 heavy (non-hydrogen) atoms. The lowest BCUT2D eigenvalue weighted by atomic mass is 9.85. The molecule has 1 aliphatic rings. The van der Waals surface area contributed by atoms with E-state index in [0.717, 1.165) is 25.7 Å². The average Bonchev–Trinajstić information content (AvgIpc) is 2.71. The van der Waals surface area contributed by atoms with Crippen molar-refractivity contribution in [3.63, 3.8) is 0 Å².